The largest absolute Gasteiger partial charge is 0.496 e. The molecule has 1 aromatic carbocycles. The molecular formula is C15H22O2. The van der Waals surface area contributed by atoms with Crippen LogP contribution in [-0.4, -0.2) is 17.8 Å². The topological polar surface area (TPSA) is 29.5 Å². The first-order chi connectivity index (χ1) is 7.90. The third-order valence-corrected chi connectivity index (χ3v) is 4.48. The van der Waals surface area contributed by atoms with Crippen molar-refractivity contribution in [3.63, 3.8) is 0 Å². The van der Waals surface area contributed by atoms with Gasteiger partial charge in [-0.25, -0.2) is 0 Å². The van der Waals surface area contributed by atoms with Gasteiger partial charge in [0.1, 0.15) is 5.75 Å². The summed E-state index contributed by atoms with van der Waals surface area (Å²) in [6.07, 6.45) is 2.95. The predicted octanol–water partition coefficient (Wildman–Crippen LogP) is 3.20. The molecule has 0 aromatic heterocycles. The number of rotatable bonds is 2. The molecule has 0 spiro atoms. The fourth-order valence-electron chi connectivity index (χ4n) is 3.01. The van der Waals surface area contributed by atoms with E-state index in [2.05, 4.69) is 26.0 Å². The lowest BCUT2D eigenvalue weighted by Crippen LogP contribution is -2.42. The maximum atomic E-state index is 10.6. The zero-order valence-electron chi connectivity index (χ0n) is 11.2. The Labute approximate surface area is 104 Å². The van der Waals surface area contributed by atoms with Gasteiger partial charge in [0.15, 0.2) is 0 Å². The lowest BCUT2D eigenvalue weighted by molar-refractivity contribution is 0.00595. The summed E-state index contributed by atoms with van der Waals surface area (Å²) < 4.78 is 5.46. The van der Waals surface area contributed by atoms with Crippen LogP contribution in [0.2, 0.25) is 0 Å². The predicted molar refractivity (Wildman–Crippen MR) is 69.6 cm³/mol. The van der Waals surface area contributed by atoms with Gasteiger partial charge >= 0.3 is 0 Å². The molecule has 17 heavy (non-hydrogen) atoms. The molecule has 0 heterocycles. The van der Waals surface area contributed by atoms with Crippen LogP contribution >= 0.6 is 0 Å². The summed E-state index contributed by atoms with van der Waals surface area (Å²) in [5.74, 6) is 0.889. The van der Waals surface area contributed by atoms with Crippen molar-refractivity contribution in [3.8, 4) is 5.75 Å². The van der Waals surface area contributed by atoms with Gasteiger partial charge in [-0.05, 0) is 39.2 Å². The van der Waals surface area contributed by atoms with E-state index < -0.39 is 5.60 Å². The Morgan fingerprint density at radius 3 is 2.47 bits per heavy atom. The number of benzene rings is 1. The zero-order valence-corrected chi connectivity index (χ0v) is 11.2. The summed E-state index contributed by atoms with van der Waals surface area (Å²) in [6.45, 7) is 6.18. The Kier molecular flexibility index (Phi) is 2.94. The first-order valence-corrected chi connectivity index (χ1v) is 6.28. The average Bonchev–Trinajstić information content (AvgIpc) is 2.54. The third kappa shape index (κ3) is 1.85. The molecule has 1 fully saturated rings. The van der Waals surface area contributed by atoms with Crippen LogP contribution in [0.5, 0.6) is 5.75 Å². The van der Waals surface area contributed by atoms with Gasteiger partial charge in [-0.15, -0.1) is 0 Å². The molecule has 0 amide bonds. The highest BCUT2D eigenvalue weighted by atomic mass is 16.5. The van der Waals surface area contributed by atoms with Gasteiger partial charge in [0.05, 0.1) is 12.7 Å². The van der Waals surface area contributed by atoms with Crippen LogP contribution in [0.4, 0.5) is 0 Å². The van der Waals surface area contributed by atoms with E-state index in [9.17, 15) is 5.11 Å². The summed E-state index contributed by atoms with van der Waals surface area (Å²) in [7, 11) is 1.70. The number of hydrogen-bond donors (Lipinski definition) is 1. The second-order valence-corrected chi connectivity index (χ2v) is 5.66. The molecule has 0 bridgehead atoms. The van der Waals surface area contributed by atoms with Crippen molar-refractivity contribution in [1.82, 2.24) is 0 Å². The van der Waals surface area contributed by atoms with E-state index >= 15 is 0 Å². The normalized spacial score (nSPS) is 32.8. The van der Waals surface area contributed by atoms with Crippen molar-refractivity contribution in [1.29, 1.82) is 0 Å². The van der Waals surface area contributed by atoms with Gasteiger partial charge in [-0.1, -0.05) is 24.6 Å². The quantitative estimate of drug-likeness (QED) is 0.851. The molecule has 2 nitrogen and oxygen atoms in total. The molecule has 1 N–H and O–H groups in total. The molecule has 0 saturated heterocycles. The SMILES string of the molecule is COc1ccc(C)cc1[C@@]1(C)CCC[C@]1(C)O. The van der Waals surface area contributed by atoms with Crippen LogP contribution in [0.25, 0.3) is 0 Å². The monoisotopic (exact) mass is 234 g/mol. The van der Waals surface area contributed by atoms with Crippen molar-refractivity contribution in [2.24, 2.45) is 0 Å². The number of aryl methyl sites for hydroxylation is 1. The molecule has 0 unspecified atom stereocenters. The van der Waals surface area contributed by atoms with Crippen LogP contribution in [-0.2, 0) is 5.41 Å². The summed E-state index contributed by atoms with van der Waals surface area (Å²) >= 11 is 0. The minimum Gasteiger partial charge on any atom is -0.496 e. The highest BCUT2D eigenvalue weighted by Gasteiger charge is 2.49. The van der Waals surface area contributed by atoms with E-state index in [-0.39, 0.29) is 5.41 Å². The maximum absolute atomic E-state index is 10.6. The van der Waals surface area contributed by atoms with Crippen LogP contribution < -0.4 is 4.74 Å². The summed E-state index contributed by atoms with van der Waals surface area (Å²) in [5.41, 5.74) is 1.51. The minimum atomic E-state index is -0.645. The van der Waals surface area contributed by atoms with Gasteiger partial charge < -0.3 is 9.84 Å². The number of ether oxygens (including phenoxy) is 1. The lowest BCUT2D eigenvalue weighted by Gasteiger charge is -2.38. The molecule has 2 atom stereocenters. The highest BCUT2D eigenvalue weighted by Crippen LogP contribution is 2.50. The van der Waals surface area contributed by atoms with E-state index in [0.29, 0.717) is 0 Å². The van der Waals surface area contributed by atoms with Gasteiger partial charge in [0.2, 0.25) is 0 Å². The van der Waals surface area contributed by atoms with E-state index in [1.165, 1.54) is 5.56 Å². The Balaban J connectivity index is 2.56. The number of hydrogen-bond acceptors (Lipinski definition) is 2. The molecule has 1 aliphatic rings. The first kappa shape index (κ1) is 12.4. The smallest absolute Gasteiger partial charge is 0.122 e. The van der Waals surface area contributed by atoms with E-state index in [0.717, 1.165) is 30.6 Å². The van der Waals surface area contributed by atoms with Crippen molar-refractivity contribution < 1.29 is 9.84 Å². The van der Waals surface area contributed by atoms with Crippen molar-refractivity contribution in [2.45, 2.75) is 51.0 Å². The molecule has 0 radical (unpaired) electrons. The molecule has 94 valence electrons. The van der Waals surface area contributed by atoms with Gasteiger partial charge in [0.25, 0.3) is 0 Å². The van der Waals surface area contributed by atoms with Gasteiger partial charge in [-0.2, -0.15) is 0 Å². The standard InChI is InChI=1S/C15H22O2/c1-11-6-7-13(17-4)12(10-11)14(2)8-5-9-15(14,3)16/h6-7,10,16H,5,8-9H2,1-4H3/t14-,15+/m1/s1. The molecule has 2 heteroatoms. The van der Waals surface area contributed by atoms with Gasteiger partial charge in [-0.3, -0.25) is 0 Å². The lowest BCUT2D eigenvalue weighted by atomic mass is 9.71. The van der Waals surface area contributed by atoms with Crippen molar-refractivity contribution >= 4 is 0 Å². The highest BCUT2D eigenvalue weighted by molar-refractivity contribution is 5.44. The van der Waals surface area contributed by atoms with Gasteiger partial charge in [0, 0.05) is 11.0 Å². The van der Waals surface area contributed by atoms with E-state index in [1.807, 2.05) is 13.0 Å². The molecule has 1 aliphatic carbocycles. The second kappa shape index (κ2) is 4.02. The number of methoxy groups -OCH3 is 1. The third-order valence-electron chi connectivity index (χ3n) is 4.48. The van der Waals surface area contributed by atoms with Crippen LogP contribution in [0, 0.1) is 6.92 Å². The van der Waals surface area contributed by atoms with E-state index in [1.54, 1.807) is 7.11 Å². The summed E-state index contributed by atoms with van der Waals surface area (Å²) in [4.78, 5) is 0. The second-order valence-electron chi connectivity index (χ2n) is 5.66. The molecule has 2 rings (SSSR count). The minimum absolute atomic E-state index is 0.204. The van der Waals surface area contributed by atoms with Crippen LogP contribution in [0.3, 0.4) is 0 Å². The van der Waals surface area contributed by atoms with Crippen molar-refractivity contribution in [2.75, 3.05) is 7.11 Å². The Morgan fingerprint density at radius 1 is 1.24 bits per heavy atom. The van der Waals surface area contributed by atoms with E-state index in [4.69, 9.17) is 4.74 Å². The maximum Gasteiger partial charge on any atom is 0.122 e. The van der Waals surface area contributed by atoms with Crippen molar-refractivity contribution in [3.05, 3.63) is 29.3 Å². The fourth-order valence-corrected chi connectivity index (χ4v) is 3.01. The molecule has 0 aliphatic heterocycles. The Hall–Kier alpha value is -1.02. The zero-order chi connectivity index (χ0) is 12.7. The molecular weight excluding hydrogens is 212 g/mol. The first-order valence-electron chi connectivity index (χ1n) is 6.28. The van der Waals surface area contributed by atoms with Crippen LogP contribution in [0.15, 0.2) is 18.2 Å². The Bertz CT molecular complexity index is 423. The fraction of sp³-hybridized carbons (Fsp3) is 0.600. The summed E-state index contributed by atoms with van der Waals surface area (Å²) in [6, 6.07) is 6.21. The number of aliphatic hydroxyl groups is 1. The molecule has 1 aromatic rings. The molecule has 1 saturated carbocycles. The summed E-state index contributed by atoms with van der Waals surface area (Å²) in [5, 5.41) is 10.6. The average molecular weight is 234 g/mol. The Morgan fingerprint density at radius 2 is 1.94 bits per heavy atom. The van der Waals surface area contributed by atoms with Crippen LogP contribution in [0.1, 0.15) is 44.2 Å².